The van der Waals surface area contributed by atoms with Crippen LogP contribution in [0.15, 0.2) is 41.3 Å². The van der Waals surface area contributed by atoms with Crippen molar-refractivity contribution in [2.24, 2.45) is 0 Å². The standard InChI is InChI=1S/C20H16F3N3O2/c1-11-4-13-9-28-10-14(13)6-18(11)24-20-25-19(27)17(23)8-26(20)7-12-2-3-15(21)16(22)5-12/h2-6,8H,7,9-10H2,1H3,(H,24,25,27). The van der Waals surface area contributed by atoms with E-state index in [1.807, 2.05) is 19.1 Å². The second kappa shape index (κ2) is 7.12. The van der Waals surface area contributed by atoms with Gasteiger partial charge in [-0.25, -0.2) is 8.78 Å². The lowest BCUT2D eigenvalue weighted by Gasteiger charge is -2.16. The van der Waals surface area contributed by atoms with E-state index in [0.29, 0.717) is 24.5 Å². The van der Waals surface area contributed by atoms with Crippen LogP contribution in [0.5, 0.6) is 0 Å². The van der Waals surface area contributed by atoms with E-state index in [1.54, 1.807) is 0 Å². The Kier molecular flexibility index (Phi) is 4.64. The van der Waals surface area contributed by atoms with Crippen LogP contribution >= 0.6 is 0 Å². The van der Waals surface area contributed by atoms with E-state index in [1.165, 1.54) is 10.6 Å². The second-order valence-corrected chi connectivity index (χ2v) is 6.65. The predicted molar refractivity (Wildman–Crippen MR) is 96.9 cm³/mol. The number of hydrogen-bond donors (Lipinski definition) is 1. The van der Waals surface area contributed by atoms with Crippen molar-refractivity contribution in [1.29, 1.82) is 0 Å². The molecule has 2 aromatic carbocycles. The number of benzene rings is 2. The number of rotatable bonds is 4. The smallest absolute Gasteiger partial charge is 0.310 e. The molecule has 28 heavy (non-hydrogen) atoms. The highest BCUT2D eigenvalue weighted by Crippen LogP contribution is 2.28. The number of hydrogen-bond acceptors (Lipinski definition) is 4. The number of fused-ring (bicyclic) bond motifs is 1. The van der Waals surface area contributed by atoms with Gasteiger partial charge in [0.2, 0.25) is 11.8 Å². The van der Waals surface area contributed by atoms with Gasteiger partial charge in [0.05, 0.1) is 19.8 Å². The van der Waals surface area contributed by atoms with Gasteiger partial charge in [0.25, 0.3) is 0 Å². The summed E-state index contributed by atoms with van der Waals surface area (Å²) in [6.07, 6.45) is 0.991. The van der Waals surface area contributed by atoms with Crippen molar-refractivity contribution in [3.8, 4) is 0 Å². The minimum atomic E-state index is -1.03. The lowest BCUT2D eigenvalue weighted by atomic mass is 10.1. The van der Waals surface area contributed by atoms with Crippen LogP contribution < -0.4 is 10.9 Å². The van der Waals surface area contributed by atoms with Crippen molar-refractivity contribution in [3.63, 3.8) is 0 Å². The molecule has 0 radical (unpaired) electrons. The van der Waals surface area contributed by atoms with Gasteiger partial charge in [-0.2, -0.15) is 9.37 Å². The molecule has 5 nitrogen and oxygen atoms in total. The Bertz CT molecular complexity index is 1130. The highest BCUT2D eigenvalue weighted by molar-refractivity contribution is 5.61. The summed E-state index contributed by atoms with van der Waals surface area (Å²) >= 11 is 0. The fourth-order valence-corrected chi connectivity index (χ4v) is 3.13. The van der Waals surface area contributed by atoms with Crippen LogP contribution in [0.4, 0.5) is 24.8 Å². The Morgan fingerprint density at radius 2 is 1.82 bits per heavy atom. The molecule has 0 atom stereocenters. The predicted octanol–water partition coefficient (Wildman–Crippen LogP) is 3.79. The molecule has 1 aliphatic rings. The maximum absolute atomic E-state index is 13.8. The van der Waals surface area contributed by atoms with Crippen LogP contribution in [0.25, 0.3) is 0 Å². The van der Waals surface area contributed by atoms with Crippen LogP contribution in [0.2, 0.25) is 0 Å². The molecule has 2 heterocycles. The molecule has 0 fully saturated rings. The molecule has 0 bridgehead atoms. The summed E-state index contributed by atoms with van der Waals surface area (Å²) in [5.74, 6) is -2.91. The van der Waals surface area contributed by atoms with Gasteiger partial charge < -0.3 is 14.6 Å². The van der Waals surface area contributed by atoms with Crippen LogP contribution in [0.1, 0.15) is 22.3 Å². The van der Waals surface area contributed by atoms with Gasteiger partial charge >= 0.3 is 5.56 Å². The summed E-state index contributed by atoms with van der Waals surface area (Å²) in [5, 5.41) is 3.05. The largest absolute Gasteiger partial charge is 0.372 e. The van der Waals surface area contributed by atoms with Gasteiger partial charge in [-0.15, -0.1) is 0 Å². The minimum absolute atomic E-state index is 0.00314. The molecular weight excluding hydrogens is 371 g/mol. The first-order valence-electron chi connectivity index (χ1n) is 8.59. The zero-order valence-electron chi connectivity index (χ0n) is 14.9. The third-order valence-electron chi connectivity index (χ3n) is 4.60. The normalized spacial score (nSPS) is 12.9. The first-order valence-corrected chi connectivity index (χ1v) is 8.59. The summed E-state index contributed by atoms with van der Waals surface area (Å²) in [6, 6.07) is 7.28. The van der Waals surface area contributed by atoms with E-state index in [9.17, 15) is 18.0 Å². The molecule has 0 spiro atoms. The monoisotopic (exact) mass is 387 g/mol. The van der Waals surface area contributed by atoms with Crippen molar-refractivity contribution in [2.75, 3.05) is 5.32 Å². The van der Waals surface area contributed by atoms with E-state index in [-0.39, 0.29) is 12.5 Å². The third-order valence-corrected chi connectivity index (χ3v) is 4.60. The lowest BCUT2D eigenvalue weighted by molar-refractivity contribution is 0.134. The van der Waals surface area contributed by atoms with Gasteiger partial charge in [0, 0.05) is 11.9 Å². The average Bonchev–Trinajstić information content (AvgIpc) is 3.09. The Labute approximate surface area is 158 Å². The van der Waals surface area contributed by atoms with E-state index in [4.69, 9.17) is 4.74 Å². The van der Waals surface area contributed by atoms with Crippen LogP contribution in [-0.4, -0.2) is 9.55 Å². The summed E-state index contributed by atoms with van der Waals surface area (Å²) in [7, 11) is 0. The van der Waals surface area contributed by atoms with Crippen LogP contribution in [0.3, 0.4) is 0 Å². The number of nitrogens with one attached hydrogen (secondary N) is 1. The fraction of sp³-hybridized carbons (Fsp3) is 0.200. The molecule has 1 aliphatic heterocycles. The average molecular weight is 387 g/mol. The zero-order valence-corrected chi connectivity index (χ0v) is 14.9. The quantitative estimate of drug-likeness (QED) is 0.740. The highest BCUT2D eigenvalue weighted by atomic mass is 19.2. The van der Waals surface area contributed by atoms with E-state index in [2.05, 4.69) is 10.3 Å². The molecule has 8 heteroatoms. The molecule has 1 aromatic heterocycles. The van der Waals surface area contributed by atoms with Crippen LogP contribution in [0, 0.1) is 24.4 Å². The van der Waals surface area contributed by atoms with Gasteiger partial charge in [0.1, 0.15) is 0 Å². The molecule has 0 unspecified atom stereocenters. The molecule has 0 amide bonds. The maximum Gasteiger partial charge on any atom is 0.310 e. The van der Waals surface area contributed by atoms with E-state index in [0.717, 1.165) is 35.0 Å². The van der Waals surface area contributed by atoms with E-state index >= 15 is 0 Å². The van der Waals surface area contributed by atoms with Gasteiger partial charge in [0.15, 0.2) is 11.6 Å². The van der Waals surface area contributed by atoms with Gasteiger partial charge in [-0.3, -0.25) is 4.79 Å². The molecule has 144 valence electrons. The topological polar surface area (TPSA) is 56.2 Å². The molecule has 4 rings (SSSR count). The van der Waals surface area contributed by atoms with Crippen molar-refractivity contribution >= 4 is 11.6 Å². The first-order chi connectivity index (χ1) is 13.4. The third kappa shape index (κ3) is 3.50. The summed E-state index contributed by atoms with van der Waals surface area (Å²) in [5.41, 5.74) is 3.10. The Morgan fingerprint density at radius 1 is 1.07 bits per heavy atom. The number of ether oxygens (including phenoxy) is 1. The fourth-order valence-electron chi connectivity index (χ4n) is 3.13. The molecule has 3 aromatic rings. The zero-order chi connectivity index (χ0) is 19.8. The van der Waals surface area contributed by atoms with Crippen molar-refractivity contribution in [2.45, 2.75) is 26.7 Å². The number of aryl methyl sites for hydroxylation is 1. The SMILES string of the molecule is Cc1cc2c(cc1Nc1nc(=O)c(F)cn1Cc1ccc(F)c(F)c1)COC2. The summed E-state index contributed by atoms with van der Waals surface area (Å²) in [6.45, 7) is 2.92. The maximum atomic E-state index is 13.8. The number of anilines is 2. The second-order valence-electron chi connectivity index (χ2n) is 6.65. The lowest BCUT2D eigenvalue weighted by Crippen LogP contribution is -2.20. The molecule has 0 saturated heterocycles. The van der Waals surface area contributed by atoms with Crippen molar-refractivity contribution < 1.29 is 17.9 Å². The molecular formula is C20H16F3N3O2. The van der Waals surface area contributed by atoms with E-state index < -0.39 is 23.0 Å². The summed E-state index contributed by atoms with van der Waals surface area (Å²) in [4.78, 5) is 15.5. The Hall–Kier alpha value is -3.13. The van der Waals surface area contributed by atoms with Gasteiger partial charge in [-0.1, -0.05) is 12.1 Å². The Balaban J connectivity index is 1.71. The van der Waals surface area contributed by atoms with Gasteiger partial charge in [-0.05, 0) is 47.4 Å². The minimum Gasteiger partial charge on any atom is -0.372 e. The number of halogens is 3. The highest BCUT2D eigenvalue weighted by Gasteiger charge is 2.16. The molecule has 0 saturated carbocycles. The number of aromatic nitrogens is 2. The number of nitrogens with zero attached hydrogens (tertiary/aromatic N) is 2. The molecule has 0 aliphatic carbocycles. The molecule has 1 N–H and O–H groups in total. The summed E-state index contributed by atoms with van der Waals surface area (Å²) < 4.78 is 47.2. The first kappa shape index (κ1) is 18.2. The van der Waals surface area contributed by atoms with Crippen molar-refractivity contribution in [1.82, 2.24) is 9.55 Å². The Morgan fingerprint density at radius 3 is 2.57 bits per heavy atom. The van der Waals surface area contributed by atoms with Crippen LogP contribution in [-0.2, 0) is 24.5 Å². The van der Waals surface area contributed by atoms with Crippen molar-refractivity contribution in [3.05, 3.63) is 86.6 Å².